The molecular weight excluding hydrogens is 1010 g/mol. The molecule has 1 aromatic heterocycles. The first-order valence-electron chi connectivity index (χ1n) is 24.7. The first-order valence-corrected chi connectivity index (χ1v) is 27.3. The summed E-state index contributed by atoms with van der Waals surface area (Å²) in [5, 5.41) is 45.1. The number of aliphatic hydroxyl groups excluding tert-OH is 3. The number of ether oxygens (including phenoxy) is 1. The number of benzene rings is 1. The van der Waals surface area contributed by atoms with Crippen molar-refractivity contribution in [3.8, 4) is 5.75 Å². The third-order valence-electron chi connectivity index (χ3n) is 14.4. The average Bonchev–Trinajstić information content (AvgIpc) is 4.03. The molecule has 2 fully saturated rings. The molecule has 4 aliphatic heterocycles. The van der Waals surface area contributed by atoms with Gasteiger partial charge in [-0.2, -0.15) is 11.8 Å². The zero-order valence-corrected chi connectivity index (χ0v) is 43.4. The van der Waals surface area contributed by atoms with Gasteiger partial charge in [0.05, 0.1) is 89.8 Å². The Morgan fingerprint density at radius 3 is 2.30 bits per heavy atom. The number of rotatable bonds is 12. The number of amides is 8. The maximum atomic E-state index is 15.0. The second-order valence-corrected chi connectivity index (χ2v) is 21.9. The van der Waals surface area contributed by atoms with E-state index in [2.05, 4.69) is 31.6 Å². The number of likely N-dealkylation sites (tertiary alicyclic amines) is 1. The van der Waals surface area contributed by atoms with Gasteiger partial charge in [-0.3, -0.25) is 57.1 Å². The van der Waals surface area contributed by atoms with Crippen LogP contribution < -0.4 is 37.1 Å². The van der Waals surface area contributed by atoms with E-state index in [0.717, 1.165) is 9.80 Å². The van der Waals surface area contributed by atoms with E-state index in [1.54, 1.807) is 45.2 Å². The van der Waals surface area contributed by atoms with Crippen LogP contribution >= 0.6 is 11.8 Å². The standard InChI is InChI=1S/C48H67N9O15S2/c1-5-23(2)43-45(68)52-18-40(64)53-33-22-74(71)46-30(29-7-6-28(14-31(29)54-46)72-9-8-56-42(66)16-38(73-4)48(56)70)15-32(44(67)51-19-41(65)55-43)50-17-26(24(3)37(62)21-58)11-36(61)34-13-27(59)20-57(34)47(69)25(10-35(33)60)12-39(49)63/h6-7,14,23-27,32-34,37-38,43,50,54,58-59,62H,5,8-13,15-22H2,1-4H3,(H2,49,63)(H,51,67)(H,52,68)(H,53,64)(H,55,65)/t23-,24+,25-,26+,27+,32-,33-,34-,37-,38?,43-,74?/m0/s1. The quantitative estimate of drug-likeness (QED) is 0.0941. The van der Waals surface area contributed by atoms with Gasteiger partial charge in [0.1, 0.15) is 23.4 Å². The van der Waals surface area contributed by atoms with Crippen molar-refractivity contribution in [2.24, 2.45) is 29.4 Å². The number of imide groups is 1. The third kappa shape index (κ3) is 13.9. The molecule has 74 heavy (non-hydrogen) atoms. The van der Waals surface area contributed by atoms with Gasteiger partial charge in [-0.1, -0.05) is 27.2 Å². The van der Waals surface area contributed by atoms with Crippen LogP contribution in [0.3, 0.4) is 0 Å². The summed E-state index contributed by atoms with van der Waals surface area (Å²) >= 11 is 1.27. The number of nitrogens with zero attached hydrogens (tertiary/aromatic N) is 2. The topological polar surface area (TPSA) is 366 Å². The number of hydrogen-bond donors (Lipinski definition) is 10. The molecule has 0 aliphatic carbocycles. The largest absolute Gasteiger partial charge is 0.492 e. The highest BCUT2D eigenvalue weighted by Crippen LogP contribution is 2.33. The summed E-state index contributed by atoms with van der Waals surface area (Å²) in [6.45, 7) is 2.28. The number of aliphatic hydroxyl groups is 3. The Morgan fingerprint density at radius 1 is 0.932 bits per heavy atom. The number of H-pyrrole nitrogens is 1. The number of aromatic nitrogens is 1. The number of nitrogens with one attached hydrogen (secondary N) is 6. The van der Waals surface area contributed by atoms with Gasteiger partial charge in [0.15, 0.2) is 11.6 Å². The van der Waals surface area contributed by atoms with E-state index >= 15 is 0 Å². The molecule has 406 valence electrons. The number of aromatic amines is 1. The number of carbonyl (C=O) groups excluding carboxylic acids is 10. The Labute approximate surface area is 433 Å². The predicted molar refractivity (Wildman–Crippen MR) is 267 cm³/mol. The van der Waals surface area contributed by atoms with Crippen LogP contribution in [0.2, 0.25) is 0 Å². The molecule has 2 unspecified atom stereocenters. The van der Waals surface area contributed by atoms with Crippen molar-refractivity contribution in [2.75, 3.05) is 57.9 Å². The van der Waals surface area contributed by atoms with Gasteiger partial charge in [0.25, 0.3) is 0 Å². The number of hydrogen-bond acceptors (Lipinski definition) is 17. The molecule has 2 saturated heterocycles. The molecule has 26 heteroatoms. The monoisotopic (exact) mass is 1070 g/mol. The minimum Gasteiger partial charge on any atom is -0.492 e. The molecule has 2 aromatic rings. The van der Waals surface area contributed by atoms with Gasteiger partial charge in [0.2, 0.25) is 47.3 Å². The third-order valence-corrected chi connectivity index (χ3v) is 16.7. The molecule has 0 saturated carbocycles. The van der Waals surface area contributed by atoms with Gasteiger partial charge in [-0.25, -0.2) is 0 Å². The Hall–Kier alpha value is -5.80. The van der Waals surface area contributed by atoms with E-state index in [-0.39, 0.29) is 80.1 Å². The molecule has 5 heterocycles. The van der Waals surface area contributed by atoms with Crippen LogP contribution in [0, 0.1) is 23.7 Å². The van der Waals surface area contributed by atoms with Crippen LogP contribution in [0.5, 0.6) is 5.75 Å². The van der Waals surface area contributed by atoms with Crippen molar-refractivity contribution in [2.45, 2.75) is 112 Å². The maximum Gasteiger partial charge on any atom is 0.243 e. The van der Waals surface area contributed by atoms with Crippen molar-refractivity contribution in [1.82, 2.24) is 41.4 Å². The van der Waals surface area contributed by atoms with Crippen LogP contribution in [0.15, 0.2) is 23.2 Å². The molecule has 24 nitrogen and oxygen atoms in total. The van der Waals surface area contributed by atoms with Crippen LogP contribution in [0.25, 0.3) is 10.9 Å². The minimum absolute atomic E-state index is 0.0284. The highest BCUT2D eigenvalue weighted by atomic mass is 32.2. The highest BCUT2D eigenvalue weighted by molar-refractivity contribution is 8.00. The lowest BCUT2D eigenvalue weighted by atomic mass is 9.83. The Bertz CT molecular complexity index is 2530. The molecule has 0 radical (unpaired) electrons. The van der Waals surface area contributed by atoms with E-state index in [0.29, 0.717) is 17.3 Å². The van der Waals surface area contributed by atoms with Gasteiger partial charge >= 0.3 is 0 Å². The lowest BCUT2D eigenvalue weighted by Gasteiger charge is -2.32. The summed E-state index contributed by atoms with van der Waals surface area (Å²) in [5.41, 5.74) is 6.18. The Morgan fingerprint density at radius 2 is 1.64 bits per heavy atom. The molecule has 2 bridgehead atoms. The summed E-state index contributed by atoms with van der Waals surface area (Å²) in [7, 11) is -2.30. The second-order valence-electron chi connectivity index (χ2n) is 19.4. The van der Waals surface area contributed by atoms with Gasteiger partial charge < -0.3 is 62.3 Å². The molecule has 8 amide bonds. The Balaban J connectivity index is 1.49. The number of carbonyl (C=O) groups is 10. The summed E-state index contributed by atoms with van der Waals surface area (Å²) in [6, 6.07) is -0.733. The van der Waals surface area contributed by atoms with Crippen LogP contribution in [-0.2, 0) is 65.2 Å². The average molecular weight is 1070 g/mol. The zero-order chi connectivity index (χ0) is 54.1. The molecule has 6 rings (SSSR count). The van der Waals surface area contributed by atoms with Gasteiger partial charge in [-0.15, -0.1) is 0 Å². The molecule has 0 spiro atoms. The summed E-state index contributed by atoms with van der Waals surface area (Å²) < 4.78 is 21.0. The summed E-state index contributed by atoms with van der Waals surface area (Å²) in [6.07, 6.45) is -2.72. The van der Waals surface area contributed by atoms with Crippen LogP contribution in [0.1, 0.15) is 64.9 Å². The molecule has 12 atom stereocenters. The fourth-order valence-electron chi connectivity index (χ4n) is 9.76. The van der Waals surface area contributed by atoms with Crippen LogP contribution in [-0.4, -0.2) is 193 Å². The van der Waals surface area contributed by atoms with E-state index in [1.807, 2.05) is 0 Å². The van der Waals surface area contributed by atoms with E-state index in [1.165, 1.54) is 11.8 Å². The first-order chi connectivity index (χ1) is 35.1. The second kappa shape index (κ2) is 25.6. The molecule has 4 aliphatic rings. The van der Waals surface area contributed by atoms with Gasteiger partial charge in [0, 0.05) is 56.5 Å². The number of thioether (sulfide) groups is 1. The van der Waals surface area contributed by atoms with E-state index < -0.39 is 161 Å². The Kier molecular flexibility index (Phi) is 19.9. The number of fused-ring (bicyclic) bond motifs is 5. The fourth-order valence-corrected chi connectivity index (χ4v) is 11.8. The minimum atomic E-state index is -2.30. The SMILES string of the molecule is CC[C@H](C)[C@@H]1NC(=O)CNC(=O)[C@@H]2Cc3c([nH]c4cc(OCCN5C(=O)CC(SC)C5=O)ccc34)S(=O)C[C@H](NC(=O)CNC1=O)C(=O)C[C@@H](CC(N)=O)C(=O)N1C[C@H](O)C[C@H]1C(=O)C[C@@H]([C@@H](C)[C@@H](O)CO)CN2. The zero-order valence-electron chi connectivity index (χ0n) is 41.7. The maximum absolute atomic E-state index is 15.0. The lowest BCUT2D eigenvalue weighted by molar-refractivity contribution is -0.144. The molecular formula is C48H67N9O15S2. The normalized spacial score (nSPS) is 28.7. The van der Waals surface area contributed by atoms with Crippen LogP contribution in [0.4, 0.5) is 0 Å². The highest BCUT2D eigenvalue weighted by Gasteiger charge is 2.44. The van der Waals surface area contributed by atoms with Gasteiger partial charge in [-0.05, 0) is 48.3 Å². The molecule has 1 aromatic carbocycles. The van der Waals surface area contributed by atoms with Crippen molar-refractivity contribution in [1.29, 1.82) is 0 Å². The van der Waals surface area contributed by atoms with Crippen molar-refractivity contribution in [3.05, 3.63) is 23.8 Å². The lowest BCUT2D eigenvalue weighted by Crippen LogP contribution is -2.56. The summed E-state index contributed by atoms with van der Waals surface area (Å²) in [5.74, 6) is -11.3. The molecule has 11 N–H and O–H groups in total. The predicted octanol–water partition coefficient (Wildman–Crippen LogP) is -3.10. The first kappa shape index (κ1) is 57.5. The summed E-state index contributed by atoms with van der Waals surface area (Å²) in [4.78, 5) is 142. The van der Waals surface area contributed by atoms with Crippen molar-refractivity contribution in [3.63, 3.8) is 0 Å². The van der Waals surface area contributed by atoms with Crippen molar-refractivity contribution < 1.29 is 72.2 Å². The smallest absolute Gasteiger partial charge is 0.243 e. The fraction of sp³-hybridized carbons (Fsp3) is 0.625. The number of nitrogens with two attached hydrogens (primary N) is 1. The number of ketones is 2. The number of Topliss-reactive ketones (excluding diaryl/α,β-unsaturated/α-hetero) is 2. The number of primary amides is 1. The van der Waals surface area contributed by atoms with E-state index in [9.17, 15) is 67.5 Å². The van der Waals surface area contributed by atoms with E-state index in [4.69, 9.17) is 10.5 Å². The van der Waals surface area contributed by atoms with Crippen molar-refractivity contribution >= 4 is 92.3 Å².